The molecular weight excluding hydrogens is 298 g/mol. The maximum absolute atomic E-state index is 11.4. The summed E-state index contributed by atoms with van der Waals surface area (Å²) in [7, 11) is 0. The molecule has 0 heterocycles. The van der Waals surface area contributed by atoms with Gasteiger partial charge in [0.15, 0.2) is 0 Å². The second kappa shape index (κ2) is 6.00. The van der Waals surface area contributed by atoms with Crippen molar-refractivity contribution in [1.82, 2.24) is 0 Å². The van der Waals surface area contributed by atoms with E-state index in [1.807, 2.05) is 30.3 Å². The summed E-state index contributed by atoms with van der Waals surface area (Å²) in [5.41, 5.74) is 1.71. The number of hydrogen-bond donors (Lipinski definition) is 0. The lowest BCUT2D eigenvalue weighted by atomic mass is 9.99. The zero-order valence-corrected chi connectivity index (χ0v) is 12.1. The van der Waals surface area contributed by atoms with Crippen molar-refractivity contribution in [2.45, 2.75) is 0 Å². The van der Waals surface area contributed by atoms with Crippen LogP contribution in [0, 0.1) is 10.1 Å². The smallest absolute Gasteiger partial charge is 0.258 e. The van der Waals surface area contributed by atoms with Gasteiger partial charge in [0.2, 0.25) is 0 Å². The molecule has 0 amide bonds. The molecule has 0 spiro atoms. The lowest BCUT2D eigenvalue weighted by Crippen LogP contribution is -1.92. The zero-order valence-electron chi connectivity index (χ0n) is 14.3. The predicted molar refractivity (Wildman–Crippen MR) is 89.0 cm³/mol. The molecule has 0 aromatic heterocycles. The van der Waals surface area contributed by atoms with Gasteiger partial charge in [-0.2, -0.15) is 0 Å². The van der Waals surface area contributed by atoms with Crippen molar-refractivity contribution in [2.75, 3.05) is 0 Å². The van der Waals surface area contributed by atoms with Crippen LogP contribution in [0.5, 0.6) is 0 Å². The minimum absolute atomic E-state index is 0.0457. The average Bonchev–Trinajstić information content (AvgIpc) is 2.63. The first-order valence-electron chi connectivity index (χ1n) is 8.01. The summed E-state index contributed by atoms with van der Waals surface area (Å²) in [6.07, 6.45) is 0. The number of halogens is 1. The molecule has 0 atom stereocenters. The maximum atomic E-state index is 11.4. The standard InChI is InChI=1S/C18H12ClNO2/c19-16-10-11-18(20(21)22)17(12-16)15-8-6-14(7-9-15)13-4-2-1-3-5-13/h1-12H/i10D,11D,12D. The molecule has 3 aromatic rings. The lowest BCUT2D eigenvalue weighted by Gasteiger charge is -2.06. The van der Waals surface area contributed by atoms with E-state index in [0.29, 0.717) is 5.56 Å². The highest BCUT2D eigenvalue weighted by Gasteiger charge is 2.15. The van der Waals surface area contributed by atoms with E-state index < -0.39 is 22.7 Å². The molecule has 0 aliphatic heterocycles. The van der Waals surface area contributed by atoms with Crippen molar-refractivity contribution in [2.24, 2.45) is 0 Å². The lowest BCUT2D eigenvalue weighted by molar-refractivity contribution is -0.384. The molecule has 4 heteroatoms. The van der Waals surface area contributed by atoms with Crippen molar-refractivity contribution in [1.29, 1.82) is 0 Å². The van der Waals surface area contributed by atoms with E-state index in [2.05, 4.69) is 0 Å². The van der Waals surface area contributed by atoms with Crippen LogP contribution in [0.1, 0.15) is 4.11 Å². The first-order chi connectivity index (χ1) is 11.9. The van der Waals surface area contributed by atoms with E-state index in [4.69, 9.17) is 15.7 Å². The van der Waals surface area contributed by atoms with Crippen molar-refractivity contribution in [3.63, 3.8) is 0 Å². The number of nitrogens with zero attached hydrogens (tertiary/aromatic N) is 1. The van der Waals surface area contributed by atoms with Crippen LogP contribution in [0.15, 0.2) is 72.7 Å². The first-order valence-corrected chi connectivity index (χ1v) is 6.89. The van der Waals surface area contributed by atoms with E-state index in [1.165, 1.54) is 0 Å². The second-order valence-corrected chi connectivity index (χ2v) is 4.99. The van der Waals surface area contributed by atoms with Gasteiger partial charge in [-0.15, -0.1) is 0 Å². The van der Waals surface area contributed by atoms with Crippen molar-refractivity contribution in [3.8, 4) is 22.3 Å². The summed E-state index contributed by atoms with van der Waals surface area (Å²) in [6.45, 7) is 0. The van der Waals surface area contributed by atoms with Crippen molar-refractivity contribution >= 4 is 17.3 Å². The monoisotopic (exact) mass is 312 g/mol. The van der Waals surface area contributed by atoms with Crippen LogP contribution in [0.25, 0.3) is 22.3 Å². The van der Waals surface area contributed by atoms with Crippen LogP contribution in [-0.2, 0) is 0 Å². The summed E-state index contributed by atoms with van der Waals surface area (Å²) in [5.74, 6) is 0. The Bertz CT molecular complexity index is 961. The Hall–Kier alpha value is -2.65. The minimum atomic E-state index is -0.741. The highest BCUT2D eigenvalue weighted by atomic mass is 35.5. The van der Waals surface area contributed by atoms with Gasteiger partial charge in [-0.25, -0.2) is 0 Å². The molecule has 0 fully saturated rings. The predicted octanol–water partition coefficient (Wildman–Crippen LogP) is 5.58. The van der Waals surface area contributed by atoms with E-state index in [-0.39, 0.29) is 16.6 Å². The van der Waals surface area contributed by atoms with Gasteiger partial charge in [-0.05, 0) is 28.8 Å². The molecule has 0 unspecified atom stereocenters. The number of nitro benzene ring substituents is 1. The molecule has 3 rings (SSSR count). The third-order valence-corrected chi connectivity index (χ3v) is 3.41. The molecule has 0 saturated heterocycles. The highest BCUT2D eigenvalue weighted by Crippen LogP contribution is 2.33. The summed E-state index contributed by atoms with van der Waals surface area (Å²) in [5, 5.41) is 11.1. The third kappa shape index (κ3) is 2.85. The van der Waals surface area contributed by atoms with Gasteiger partial charge in [-0.3, -0.25) is 10.1 Å². The molecule has 0 aliphatic carbocycles. The molecule has 0 radical (unpaired) electrons. The summed E-state index contributed by atoms with van der Waals surface area (Å²) >= 11 is 5.92. The molecule has 3 nitrogen and oxygen atoms in total. The van der Waals surface area contributed by atoms with Crippen LogP contribution in [0.4, 0.5) is 5.69 Å². The topological polar surface area (TPSA) is 43.1 Å². The third-order valence-electron chi connectivity index (χ3n) is 3.23. The van der Waals surface area contributed by atoms with Crippen LogP contribution >= 0.6 is 11.6 Å². The van der Waals surface area contributed by atoms with Gasteiger partial charge in [0, 0.05) is 11.1 Å². The van der Waals surface area contributed by atoms with Gasteiger partial charge >= 0.3 is 0 Å². The Labute approximate surface area is 137 Å². The number of nitro groups is 1. The Morgan fingerprint density at radius 1 is 0.909 bits per heavy atom. The quantitative estimate of drug-likeness (QED) is 0.468. The summed E-state index contributed by atoms with van der Waals surface area (Å²) in [4.78, 5) is 10.7. The Morgan fingerprint density at radius 2 is 1.50 bits per heavy atom. The molecule has 108 valence electrons. The molecule has 0 aliphatic rings. The SMILES string of the molecule is [2H]c1c([2H])c([N+](=O)[O-])c(-c2ccc(-c3ccccc3)cc2)c([2H])c1Cl. The molecule has 3 aromatic carbocycles. The fraction of sp³-hybridized carbons (Fsp3) is 0. The van der Waals surface area contributed by atoms with Gasteiger partial charge in [0.25, 0.3) is 5.69 Å². The minimum Gasteiger partial charge on any atom is -0.258 e. The summed E-state index contributed by atoms with van der Waals surface area (Å²) in [6, 6.07) is 15.1. The first kappa shape index (κ1) is 11.0. The average molecular weight is 313 g/mol. The maximum Gasteiger partial charge on any atom is 0.277 e. The van der Waals surface area contributed by atoms with Crippen LogP contribution in [-0.4, -0.2) is 4.92 Å². The largest absolute Gasteiger partial charge is 0.277 e. The zero-order chi connectivity index (χ0) is 18.1. The van der Waals surface area contributed by atoms with E-state index >= 15 is 0 Å². The van der Waals surface area contributed by atoms with Gasteiger partial charge in [-0.1, -0.05) is 66.2 Å². The second-order valence-electron chi connectivity index (χ2n) is 4.61. The number of hydrogen-bond acceptors (Lipinski definition) is 2. The van der Waals surface area contributed by atoms with E-state index in [1.54, 1.807) is 24.3 Å². The fourth-order valence-corrected chi connectivity index (χ4v) is 2.32. The molecule has 0 bridgehead atoms. The van der Waals surface area contributed by atoms with E-state index in [9.17, 15) is 10.1 Å². The normalized spacial score (nSPS) is 12.3. The van der Waals surface area contributed by atoms with Crippen LogP contribution in [0.2, 0.25) is 5.02 Å². The number of rotatable bonds is 3. The van der Waals surface area contributed by atoms with Crippen LogP contribution < -0.4 is 0 Å². The Kier molecular flexibility index (Phi) is 3.00. The molecule has 0 saturated carbocycles. The van der Waals surface area contributed by atoms with Gasteiger partial charge in [0.05, 0.1) is 14.6 Å². The molecule has 22 heavy (non-hydrogen) atoms. The molecular formula is C18H12ClNO2. The fourth-order valence-electron chi connectivity index (χ4n) is 2.18. The van der Waals surface area contributed by atoms with Crippen molar-refractivity contribution in [3.05, 3.63) is 87.9 Å². The van der Waals surface area contributed by atoms with Gasteiger partial charge < -0.3 is 0 Å². The Balaban J connectivity index is 2.18. The Morgan fingerprint density at radius 3 is 2.14 bits per heavy atom. The highest BCUT2D eigenvalue weighted by molar-refractivity contribution is 6.31. The molecule has 0 N–H and O–H groups in total. The summed E-state index contributed by atoms with van der Waals surface area (Å²) < 4.78 is 23.6. The number of benzene rings is 3. The van der Waals surface area contributed by atoms with E-state index in [0.717, 1.165) is 11.1 Å². The van der Waals surface area contributed by atoms with Crippen LogP contribution in [0.3, 0.4) is 0 Å². The van der Waals surface area contributed by atoms with Crippen molar-refractivity contribution < 1.29 is 9.04 Å². The van der Waals surface area contributed by atoms with Gasteiger partial charge in [0.1, 0.15) is 0 Å².